The van der Waals surface area contributed by atoms with E-state index in [-0.39, 0.29) is 12.5 Å². The quantitative estimate of drug-likeness (QED) is 0.411. The molecule has 0 radical (unpaired) electrons. The van der Waals surface area contributed by atoms with Crippen LogP contribution in [0.3, 0.4) is 0 Å². The summed E-state index contributed by atoms with van der Waals surface area (Å²) in [5.41, 5.74) is 5.36. The lowest BCUT2D eigenvalue weighted by Gasteiger charge is -2.10. The zero-order valence-electron chi connectivity index (χ0n) is 17.1. The van der Waals surface area contributed by atoms with Crippen molar-refractivity contribution < 1.29 is 14.3 Å². The molecule has 0 atom stereocenters. The van der Waals surface area contributed by atoms with Crippen molar-refractivity contribution in [2.24, 2.45) is 5.10 Å². The monoisotopic (exact) mass is 446 g/mol. The highest BCUT2D eigenvalue weighted by atomic mass is 35.5. The van der Waals surface area contributed by atoms with E-state index < -0.39 is 5.91 Å². The van der Waals surface area contributed by atoms with Crippen molar-refractivity contribution in [2.75, 3.05) is 5.32 Å². The Morgan fingerprint density at radius 2 is 1.91 bits per heavy atom. The van der Waals surface area contributed by atoms with Crippen LogP contribution in [0, 0.1) is 11.3 Å². The number of rotatable bonds is 7. The molecular formula is C24H19ClN4O3. The fraction of sp³-hybridized carbons (Fsp3) is 0.0833. The van der Waals surface area contributed by atoms with Gasteiger partial charge in [-0.3, -0.25) is 9.59 Å². The van der Waals surface area contributed by atoms with Gasteiger partial charge in [0.1, 0.15) is 12.4 Å². The molecule has 0 aliphatic carbocycles. The maximum atomic E-state index is 12.4. The first kappa shape index (κ1) is 22.5. The molecule has 0 spiro atoms. The topological polar surface area (TPSA) is 104 Å². The van der Waals surface area contributed by atoms with Crippen LogP contribution in [0.15, 0.2) is 71.8 Å². The number of carbonyl (C=O) groups is 2. The summed E-state index contributed by atoms with van der Waals surface area (Å²) >= 11 is 6.09. The van der Waals surface area contributed by atoms with Crippen LogP contribution >= 0.6 is 11.6 Å². The Morgan fingerprint density at radius 1 is 1.12 bits per heavy atom. The third kappa shape index (κ3) is 6.42. The van der Waals surface area contributed by atoms with Crippen molar-refractivity contribution in [3.8, 4) is 11.8 Å². The Hall–Kier alpha value is -4.15. The summed E-state index contributed by atoms with van der Waals surface area (Å²) in [6.45, 7) is 1.68. The van der Waals surface area contributed by atoms with E-state index in [0.717, 1.165) is 5.56 Å². The van der Waals surface area contributed by atoms with Gasteiger partial charge in [-0.2, -0.15) is 10.4 Å². The summed E-state index contributed by atoms with van der Waals surface area (Å²) in [5.74, 6) is -0.130. The maximum Gasteiger partial charge on any atom is 0.271 e. The smallest absolute Gasteiger partial charge is 0.271 e. The van der Waals surface area contributed by atoms with Crippen molar-refractivity contribution in [2.45, 2.75) is 13.5 Å². The van der Waals surface area contributed by atoms with Crippen LogP contribution in [0.5, 0.6) is 5.75 Å². The molecule has 32 heavy (non-hydrogen) atoms. The lowest BCUT2D eigenvalue weighted by atomic mass is 10.1. The van der Waals surface area contributed by atoms with Crippen molar-refractivity contribution in [1.29, 1.82) is 5.26 Å². The van der Waals surface area contributed by atoms with Crippen LogP contribution in [0.25, 0.3) is 0 Å². The van der Waals surface area contributed by atoms with Gasteiger partial charge in [0.15, 0.2) is 0 Å². The molecule has 160 valence electrons. The average Bonchev–Trinajstić information content (AvgIpc) is 2.78. The van der Waals surface area contributed by atoms with Gasteiger partial charge in [-0.1, -0.05) is 29.8 Å². The average molecular weight is 447 g/mol. The molecule has 7 nitrogen and oxygen atoms in total. The molecule has 3 aromatic carbocycles. The van der Waals surface area contributed by atoms with E-state index in [1.807, 2.05) is 12.1 Å². The highest BCUT2D eigenvalue weighted by Crippen LogP contribution is 2.22. The van der Waals surface area contributed by atoms with Gasteiger partial charge in [0.2, 0.25) is 5.91 Å². The van der Waals surface area contributed by atoms with Crippen molar-refractivity contribution >= 4 is 35.3 Å². The van der Waals surface area contributed by atoms with E-state index in [1.165, 1.54) is 13.1 Å². The van der Waals surface area contributed by atoms with Gasteiger partial charge in [-0.05, 0) is 54.1 Å². The number of halogens is 1. The molecular weight excluding hydrogens is 428 g/mol. The summed E-state index contributed by atoms with van der Waals surface area (Å²) < 4.78 is 5.86. The lowest BCUT2D eigenvalue weighted by Crippen LogP contribution is -2.18. The third-order valence-corrected chi connectivity index (χ3v) is 4.50. The van der Waals surface area contributed by atoms with Gasteiger partial charge in [-0.15, -0.1) is 0 Å². The van der Waals surface area contributed by atoms with Crippen LogP contribution < -0.4 is 15.5 Å². The third-order valence-electron chi connectivity index (χ3n) is 4.26. The van der Waals surface area contributed by atoms with E-state index in [1.54, 1.807) is 54.6 Å². The Kier molecular flexibility index (Phi) is 7.57. The second kappa shape index (κ2) is 10.8. The minimum Gasteiger partial charge on any atom is -0.488 e. The normalized spacial score (nSPS) is 10.4. The van der Waals surface area contributed by atoms with E-state index in [4.69, 9.17) is 21.6 Å². The Bertz CT molecular complexity index is 1200. The largest absolute Gasteiger partial charge is 0.488 e. The van der Waals surface area contributed by atoms with E-state index in [0.29, 0.717) is 33.1 Å². The Labute approximate surface area is 190 Å². The highest BCUT2D eigenvalue weighted by molar-refractivity contribution is 6.30. The molecule has 2 amide bonds. The van der Waals surface area contributed by atoms with Gasteiger partial charge in [0.25, 0.3) is 5.91 Å². The van der Waals surface area contributed by atoms with Crippen molar-refractivity contribution in [3.63, 3.8) is 0 Å². The van der Waals surface area contributed by atoms with Crippen LogP contribution in [0.2, 0.25) is 5.02 Å². The summed E-state index contributed by atoms with van der Waals surface area (Å²) in [6, 6.07) is 20.7. The number of hydrogen-bond acceptors (Lipinski definition) is 5. The number of ether oxygens (including phenoxy) is 1. The van der Waals surface area contributed by atoms with Gasteiger partial charge in [-0.25, -0.2) is 5.43 Å². The van der Waals surface area contributed by atoms with Crippen LogP contribution in [-0.2, 0) is 11.4 Å². The Balaban J connectivity index is 1.67. The van der Waals surface area contributed by atoms with E-state index >= 15 is 0 Å². The molecule has 3 rings (SSSR count). The molecule has 0 saturated heterocycles. The minimum absolute atomic E-state index is 0.227. The fourth-order valence-corrected chi connectivity index (χ4v) is 2.94. The number of nitriles is 1. The highest BCUT2D eigenvalue weighted by Gasteiger charge is 2.07. The zero-order valence-corrected chi connectivity index (χ0v) is 17.9. The number of hydrogen-bond donors (Lipinski definition) is 2. The number of nitrogens with one attached hydrogen (secondary N) is 2. The van der Waals surface area contributed by atoms with Crippen molar-refractivity contribution in [3.05, 3.63) is 94.0 Å². The molecule has 0 aliphatic rings. The van der Waals surface area contributed by atoms with Crippen LogP contribution in [0.1, 0.15) is 34.0 Å². The molecule has 0 bridgehead atoms. The van der Waals surface area contributed by atoms with Gasteiger partial charge < -0.3 is 10.1 Å². The number of carbonyl (C=O) groups excluding carboxylic acids is 2. The molecule has 0 aliphatic heterocycles. The first-order chi connectivity index (χ1) is 15.4. The van der Waals surface area contributed by atoms with Crippen molar-refractivity contribution in [1.82, 2.24) is 5.43 Å². The maximum absolute atomic E-state index is 12.4. The molecule has 0 aromatic heterocycles. The van der Waals surface area contributed by atoms with Crippen LogP contribution in [0.4, 0.5) is 5.69 Å². The molecule has 0 fully saturated rings. The number of amides is 2. The second-order valence-corrected chi connectivity index (χ2v) is 7.18. The first-order valence-electron chi connectivity index (χ1n) is 9.57. The number of hydrazone groups is 1. The van der Waals surface area contributed by atoms with Gasteiger partial charge in [0, 0.05) is 28.8 Å². The molecule has 0 unspecified atom stereocenters. The standard InChI is InChI=1S/C24H19ClN4O3/c1-16(30)28-22-4-2-3-19(12-22)24(31)29-27-14-20-11-21(25)9-10-23(20)32-15-18-7-5-17(13-26)6-8-18/h2-12,14H,15H2,1H3,(H,28,30)(H,29,31). The predicted molar refractivity (Wildman–Crippen MR) is 123 cm³/mol. The fourth-order valence-electron chi connectivity index (χ4n) is 2.75. The SMILES string of the molecule is CC(=O)Nc1cccc(C(=O)NN=Cc2cc(Cl)ccc2OCc2ccc(C#N)cc2)c1. The molecule has 0 saturated carbocycles. The van der Waals surface area contributed by atoms with E-state index in [2.05, 4.69) is 21.9 Å². The van der Waals surface area contributed by atoms with Gasteiger partial charge >= 0.3 is 0 Å². The predicted octanol–water partition coefficient (Wildman–Crippen LogP) is 4.51. The Morgan fingerprint density at radius 3 is 2.62 bits per heavy atom. The number of anilines is 1. The summed E-state index contributed by atoms with van der Waals surface area (Å²) in [4.78, 5) is 23.6. The number of nitrogens with zero attached hydrogens (tertiary/aromatic N) is 2. The summed E-state index contributed by atoms with van der Waals surface area (Å²) in [7, 11) is 0. The zero-order chi connectivity index (χ0) is 22.9. The first-order valence-corrected chi connectivity index (χ1v) is 9.95. The van der Waals surface area contributed by atoms with E-state index in [9.17, 15) is 9.59 Å². The second-order valence-electron chi connectivity index (χ2n) is 6.74. The lowest BCUT2D eigenvalue weighted by molar-refractivity contribution is -0.114. The summed E-state index contributed by atoms with van der Waals surface area (Å²) in [6.07, 6.45) is 1.44. The number of benzene rings is 3. The molecule has 3 aromatic rings. The summed E-state index contributed by atoms with van der Waals surface area (Å²) in [5, 5.41) is 16.0. The molecule has 8 heteroatoms. The minimum atomic E-state index is -0.435. The molecule has 2 N–H and O–H groups in total. The van der Waals surface area contributed by atoms with Crippen LogP contribution in [-0.4, -0.2) is 18.0 Å². The van der Waals surface area contributed by atoms with Gasteiger partial charge in [0.05, 0.1) is 17.8 Å². The molecule has 0 heterocycles.